The first-order valence-electron chi connectivity index (χ1n) is 11.4. The van der Waals surface area contributed by atoms with Gasteiger partial charge in [-0.25, -0.2) is 17.9 Å². The number of aryl methyl sites for hydroxylation is 1. The molecule has 174 valence electrons. The van der Waals surface area contributed by atoms with Crippen molar-refractivity contribution in [2.45, 2.75) is 52.2 Å². The summed E-state index contributed by atoms with van der Waals surface area (Å²) >= 11 is 0. The third-order valence-corrected chi connectivity index (χ3v) is 8.03. The summed E-state index contributed by atoms with van der Waals surface area (Å²) in [5.74, 6) is 1.51. The number of urea groups is 1. The van der Waals surface area contributed by atoms with Crippen LogP contribution in [0.15, 0.2) is 30.3 Å². The molecular weight excluding hydrogens is 426 g/mol. The number of rotatable bonds is 6. The number of amides is 2. The van der Waals surface area contributed by atoms with Crippen molar-refractivity contribution in [2.24, 2.45) is 5.92 Å². The molecule has 1 aromatic carbocycles. The molecule has 2 saturated heterocycles. The Morgan fingerprint density at radius 1 is 1.19 bits per heavy atom. The summed E-state index contributed by atoms with van der Waals surface area (Å²) in [7, 11) is -3.03. The van der Waals surface area contributed by atoms with Crippen LogP contribution in [0.25, 0.3) is 0 Å². The number of piperidine rings is 1. The van der Waals surface area contributed by atoms with Gasteiger partial charge >= 0.3 is 6.03 Å². The molecule has 8 nitrogen and oxygen atoms in total. The molecule has 0 bridgehead atoms. The van der Waals surface area contributed by atoms with Crippen molar-refractivity contribution in [1.29, 1.82) is 0 Å². The van der Waals surface area contributed by atoms with Gasteiger partial charge in [0.05, 0.1) is 23.2 Å². The monoisotopic (exact) mass is 459 g/mol. The molecule has 0 spiro atoms. The molecule has 2 amide bonds. The summed E-state index contributed by atoms with van der Waals surface area (Å²) in [6.07, 6.45) is 3.11. The number of carbonyl (C=O) groups excluding carboxylic acids is 1. The number of nitrogens with zero attached hydrogens (tertiary/aromatic N) is 3. The number of anilines is 1. The molecule has 2 fully saturated rings. The van der Waals surface area contributed by atoms with Crippen molar-refractivity contribution in [3.05, 3.63) is 47.2 Å². The van der Waals surface area contributed by atoms with Crippen LogP contribution >= 0.6 is 0 Å². The van der Waals surface area contributed by atoms with E-state index in [4.69, 9.17) is 0 Å². The summed E-state index contributed by atoms with van der Waals surface area (Å²) < 4.78 is 25.3. The van der Waals surface area contributed by atoms with Crippen molar-refractivity contribution in [2.75, 3.05) is 29.9 Å². The summed E-state index contributed by atoms with van der Waals surface area (Å²) in [5.41, 5.74) is 3.06. The Morgan fingerprint density at radius 2 is 1.94 bits per heavy atom. The highest BCUT2D eigenvalue weighted by molar-refractivity contribution is 7.91. The molecular formula is C23H33N5O3S. The Morgan fingerprint density at radius 3 is 2.62 bits per heavy atom. The Labute approximate surface area is 190 Å². The molecule has 2 aromatic rings. The first-order valence-corrected chi connectivity index (χ1v) is 13.2. The maximum absolute atomic E-state index is 12.5. The van der Waals surface area contributed by atoms with Crippen LogP contribution in [-0.4, -0.2) is 53.7 Å². The average Bonchev–Trinajstić information content (AvgIpc) is 3.28. The maximum atomic E-state index is 12.5. The van der Waals surface area contributed by atoms with E-state index in [1.165, 1.54) is 18.4 Å². The van der Waals surface area contributed by atoms with Crippen LogP contribution in [0.3, 0.4) is 0 Å². The van der Waals surface area contributed by atoms with Gasteiger partial charge < -0.3 is 5.32 Å². The first kappa shape index (κ1) is 22.8. The SMILES string of the molecule is Cc1cc(NC(=O)NCc2ccc(CN3CCC[C@@H](C)C3)cc2)n([C@@H]2CCS(=O)(=O)C2)n1. The second-order valence-electron chi connectivity index (χ2n) is 9.28. The minimum Gasteiger partial charge on any atom is -0.334 e. The normalized spacial score (nSPS) is 23.2. The number of hydrogen-bond donors (Lipinski definition) is 2. The highest BCUT2D eigenvalue weighted by Gasteiger charge is 2.31. The molecule has 32 heavy (non-hydrogen) atoms. The quantitative estimate of drug-likeness (QED) is 0.692. The van der Waals surface area contributed by atoms with Crippen LogP contribution < -0.4 is 10.6 Å². The maximum Gasteiger partial charge on any atom is 0.320 e. The van der Waals surface area contributed by atoms with Gasteiger partial charge in [-0.15, -0.1) is 0 Å². The van der Waals surface area contributed by atoms with E-state index >= 15 is 0 Å². The van der Waals surface area contributed by atoms with Gasteiger partial charge in [0.25, 0.3) is 0 Å². The number of sulfone groups is 1. The van der Waals surface area contributed by atoms with E-state index in [1.807, 2.05) is 6.92 Å². The van der Waals surface area contributed by atoms with E-state index in [1.54, 1.807) is 10.7 Å². The van der Waals surface area contributed by atoms with Crippen molar-refractivity contribution in [3.8, 4) is 0 Å². The lowest BCUT2D eigenvalue weighted by Gasteiger charge is -2.30. The van der Waals surface area contributed by atoms with Gasteiger partial charge in [0.2, 0.25) is 0 Å². The Kier molecular flexibility index (Phi) is 6.85. The summed E-state index contributed by atoms with van der Waals surface area (Å²) in [5, 5.41) is 10.1. The minimum absolute atomic E-state index is 0.0626. The standard InChI is InChI=1S/C23H33N5O3S/c1-17-4-3-10-27(14-17)15-20-7-5-19(6-8-20)13-24-23(29)25-22-12-18(2)26-28(22)21-9-11-32(30,31)16-21/h5-8,12,17,21H,3-4,9-11,13-16H2,1-2H3,(H2,24,25,29)/t17-,21-/m1/s1. The lowest BCUT2D eigenvalue weighted by atomic mass is 9.99. The molecule has 3 heterocycles. The van der Waals surface area contributed by atoms with E-state index in [0.717, 1.165) is 36.8 Å². The molecule has 2 atom stereocenters. The molecule has 0 aliphatic carbocycles. The van der Waals surface area contributed by atoms with E-state index in [2.05, 4.69) is 51.8 Å². The average molecular weight is 460 g/mol. The lowest BCUT2D eigenvalue weighted by molar-refractivity contribution is 0.176. The van der Waals surface area contributed by atoms with E-state index < -0.39 is 9.84 Å². The molecule has 0 unspecified atom stereocenters. The van der Waals surface area contributed by atoms with E-state index in [-0.39, 0.29) is 23.6 Å². The van der Waals surface area contributed by atoms with Crippen LogP contribution in [0.5, 0.6) is 0 Å². The van der Waals surface area contributed by atoms with Crippen LogP contribution in [0.2, 0.25) is 0 Å². The predicted octanol–water partition coefficient (Wildman–Crippen LogP) is 3.10. The zero-order chi connectivity index (χ0) is 22.7. The fourth-order valence-corrected chi connectivity index (χ4v) is 6.34. The Balaban J connectivity index is 1.29. The summed E-state index contributed by atoms with van der Waals surface area (Å²) in [4.78, 5) is 15.0. The third-order valence-electron chi connectivity index (χ3n) is 6.28. The number of aromatic nitrogens is 2. The van der Waals surface area contributed by atoms with Crippen molar-refractivity contribution in [3.63, 3.8) is 0 Å². The number of nitrogens with one attached hydrogen (secondary N) is 2. The van der Waals surface area contributed by atoms with Crippen molar-refractivity contribution < 1.29 is 13.2 Å². The smallest absolute Gasteiger partial charge is 0.320 e. The van der Waals surface area contributed by atoms with E-state index in [9.17, 15) is 13.2 Å². The molecule has 0 radical (unpaired) electrons. The zero-order valence-corrected chi connectivity index (χ0v) is 19.7. The van der Waals surface area contributed by atoms with Crippen LogP contribution in [0.4, 0.5) is 10.6 Å². The van der Waals surface area contributed by atoms with Crippen LogP contribution in [-0.2, 0) is 22.9 Å². The van der Waals surface area contributed by atoms with Gasteiger partial charge in [-0.1, -0.05) is 31.2 Å². The zero-order valence-electron chi connectivity index (χ0n) is 18.9. The first-order chi connectivity index (χ1) is 15.3. The second kappa shape index (κ2) is 9.62. The number of likely N-dealkylation sites (tertiary alicyclic amines) is 1. The number of benzene rings is 1. The van der Waals surface area contributed by atoms with Crippen LogP contribution in [0, 0.1) is 12.8 Å². The third kappa shape index (κ3) is 5.89. The van der Waals surface area contributed by atoms with Crippen LogP contribution in [0.1, 0.15) is 49.0 Å². The lowest BCUT2D eigenvalue weighted by Crippen LogP contribution is -2.33. The second-order valence-corrected chi connectivity index (χ2v) is 11.5. The molecule has 2 aliphatic rings. The van der Waals surface area contributed by atoms with Gasteiger partial charge in [0.15, 0.2) is 9.84 Å². The molecule has 2 aliphatic heterocycles. The summed E-state index contributed by atoms with van der Waals surface area (Å²) in [6, 6.07) is 9.57. The summed E-state index contributed by atoms with van der Waals surface area (Å²) in [6.45, 7) is 7.85. The molecule has 9 heteroatoms. The molecule has 0 saturated carbocycles. The molecule has 4 rings (SSSR count). The highest BCUT2D eigenvalue weighted by atomic mass is 32.2. The Hall–Kier alpha value is -2.39. The molecule has 1 aromatic heterocycles. The van der Waals surface area contributed by atoms with Gasteiger partial charge in [0, 0.05) is 25.7 Å². The largest absolute Gasteiger partial charge is 0.334 e. The predicted molar refractivity (Wildman–Crippen MR) is 125 cm³/mol. The fourth-order valence-electron chi connectivity index (χ4n) is 4.65. The molecule has 2 N–H and O–H groups in total. The van der Waals surface area contributed by atoms with Gasteiger partial charge in [-0.05, 0) is 49.8 Å². The highest BCUT2D eigenvalue weighted by Crippen LogP contribution is 2.27. The van der Waals surface area contributed by atoms with Gasteiger partial charge in [-0.3, -0.25) is 10.2 Å². The van der Waals surface area contributed by atoms with Crippen molar-refractivity contribution in [1.82, 2.24) is 20.0 Å². The van der Waals surface area contributed by atoms with Gasteiger partial charge in [-0.2, -0.15) is 5.10 Å². The fraction of sp³-hybridized carbons (Fsp3) is 0.565. The van der Waals surface area contributed by atoms with Gasteiger partial charge in [0.1, 0.15) is 5.82 Å². The van der Waals surface area contributed by atoms with Crippen molar-refractivity contribution >= 4 is 21.7 Å². The minimum atomic E-state index is -3.03. The number of hydrogen-bond acceptors (Lipinski definition) is 5. The Bertz CT molecular complexity index is 1050. The number of carbonyl (C=O) groups is 1. The van der Waals surface area contributed by atoms with E-state index in [0.29, 0.717) is 18.8 Å². The topological polar surface area (TPSA) is 96.3 Å².